The molecule has 21 heavy (non-hydrogen) atoms. The molecule has 0 aromatic heterocycles. The zero-order valence-corrected chi connectivity index (χ0v) is 12.1. The summed E-state index contributed by atoms with van der Waals surface area (Å²) in [4.78, 5) is 11.4. The Morgan fingerprint density at radius 1 is 1.00 bits per heavy atom. The third-order valence-corrected chi connectivity index (χ3v) is 3.33. The van der Waals surface area contributed by atoms with Crippen LogP contribution >= 0.6 is 0 Å². The van der Waals surface area contributed by atoms with Crippen LogP contribution in [0.2, 0.25) is 0 Å². The molecule has 0 saturated heterocycles. The molecule has 0 fully saturated rings. The summed E-state index contributed by atoms with van der Waals surface area (Å²) >= 11 is 0. The SMILES string of the molecule is CCCC(OC(c1ccccc1)c1ccccc1)C(=O)O. The minimum absolute atomic E-state index is 0.361. The first-order chi connectivity index (χ1) is 10.2. The van der Waals surface area contributed by atoms with Gasteiger partial charge in [-0.1, -0.05) is 74.0 Å². The van der Waals surface area contributed by atoms with Gasteiger partial charge in [0.05, 0.1) is 0 Å². The second-order valence-corrected chi connectivity index (χ2v) is 4.95. The normalized spacial score (nSPS) is 12.3. The molecule has 3 heteroatoms. The summed E-state index contributed by atoms with van der Waals surface area (Å²) in [5.74, 6) is -0.909. The van der Waals surface area contributed by atoms with Crippen molar-refractivity contribution in [3.05, 3.63) is 71.8 Å². The molecule has 0 saturated carbocycles. The molecule has 0 heterocycles. The highest BCUT2D eigenvalue weighted by atomic mass is 16.5. The van der Waals surface area contributed by atoms with Gasteiger partial charge in [0.1, 0.15) is 6.10 Å². The average molecular weight is 284 g/mol. The zero-order valence-electron chi connectivity index (χ0n) is 12.1. The quantitative estimate of drug-likeness (QED) is 0.834. The van der Waals surface area contributed by atoms with Crippen molar-refractivity contribution in [1.29, 1.82) is 0 Å². The molecule has 0 spiro atoms. The lowest BCUT2D eigenvalue weighted by Crippen LogP contribution is -2.26. The number of carboxylic acid groups (broad SMARTS) is 1. The van der Waals surface area contributed by atoms with Crippen LogP contribution in [0.25, 0.3) is 0 Å². The van der Waals surface area contributed by atoms with Gasteiger partial charge in [0.15, 0.2) is 6.10 Å². The van der Waals surface area contributed by atoms with E-state index in [1.165, 1.54) is 0 Å². The molecule has 2 rings (SSSR count). The van der Waals surface area contributed by atoms with Crippen molar-refractivity contribution in [2.45, 2.75) is 32.0 Å². The molecular weight excluding hydrogens is 264 g/mol. The molecule has 0 aliphatic heterocycles. The van der Waals surface area contributed by atoms with Crippen molar-refractivity contribution < 1.29 is 14.6 Å². The maximum absolute atomic E-state index is 11.4. The fourth-order valence-electron chi connectivity index (χ4n) is 2.28. The van der Waals surface area contributed by atoms with Gasteiger partial charge in [-0.3, -0.25) is 0 Å². The van der Waals surface area contributed by atoms with E-state index in [0.29, 0.717) is 6.42 Å². The third-order valence-electron chi connectivity index (χ3n) is 3.33. The minimum atomic E-state index is -0.909. The number of hydrogen-bond donors (Lipinski definition) is 1. The van der Waals surface area contributed by atoms with Crippen molar-refractivity contribution in [1.82, 2.24) is 0 Å². The first kappa shape index (κ1) is 15.3. The number of ether oxygens (including phenoxy) is 1. The van der Waals surface area contributed by atoms with Crippen molar-refractivity contribution in [3.8, 4) is 0 Å². The van der Waals surface area contributed by atoms with Gasteiger partial charge in [-0.05, 0) is 17.5 Å². The summed E-state index contributed by atoms with van der Waals surface area (Å²) in [5.41, 5.74) is 1.93. The number of benzene rings is 2. The van der Waals surface area contributed by atoms with Crippen LogP contribution in [0, 0.1) is 0 Å². The molecule has 1 atom stereocenters. The topological polar surface area (TPSA) is 46.5 Å². The molecule has 2 aromatic rings. The van der Waals surface area contributed by atoms with Gasteiger partial charge in [-0.15, -0.1) is 0 Å². The second-order valence-electron chi connectivity index (χ2n) is 4.95. The summed E-state index contributed by atoms with van der Waals surface area (Å²) in [7, 11) is 0. The number of carbonyl (C=O) groups is 1. The van der Waals surface area contributed by atoms with E-state index >= 15 is 0 Å². The Bertz CT molecular complexity index is 512. The van der Waals surface area contributed by atoms with Gasteiger partial charge in [0.2, 0.25) is 0 Å². The molecular formula is C18H20O3. The summed E-state index contributed by atoms with van der Waals surface area (Å²) in [5, 5.41) is 9.32. The minimum Gasteiger partial charge on any atom is -0.479 e. The first-order valence-electron chi connectivity index (χ1n) is 7.20. The van der Waals surface area contributed by atoms with Crippen LogP contribution in [0.5, 0.6) is 0 Å². The van der Waals surface area contributed by atoms with Gasteiger partial charge >= 0.3 is 5.97 Å². The van der Waals surface area contributed by atoms with Gasteiger partial charge in [-0.25, -0.2) is 4.79 Å². The van der Waals surface area contributed by atoms with Gasteiger partial charge in [-0.2, -0.15) is 0 Å². The maximum Gasteiger partial charge on any atom is 0.332 e. The molecule has 0 aliphatic carbocycles. The lowest BCUT2D eigenvalue weighted by molar-refractivity contribution is -0.153. The lowest BCUT2D eigenvalue weighted by atomic mass is 10.0. The Hall–Kier alpha value is -2.13. The lowest BCUT2D eigenvalue weighted by Gasteiger charge is -2.23. The Balaban J connectivity index is 2.30. The summed E-state index contributed by atoms with van der Waals surface area (Å²) < 4.78 is 5.93. The Kier molecular flexibility index (Phi) is 5.52. The number of rotatable bonds is 7. The first-order valence-corrected chi connectivity index (χ1v) is 7.20. The van der Waals surface area contributed by atoms with E-state index in [9.17, 15) is 9.90 Å². The zero-order chi connectivity index (χ0) is 15.1. The van der Waals surface area contributed by atoms with E-state index in [4.69, 9.17) is 4.74 Å². The summed E-state index contributed by atoms with van der Waals surface area (Å²) in [6.45, 7) is 1.96. The monoisotopic (exact) mass is 284 g/mol. The predicted octanol–water partition coefficient (Wildman–Crippen LogP) is 4.05. The number of aliphatic carboxylic acids is 1. The highest BCUT2D eigenvalue weighted by molar-refractivity contribution is 5.72. The predicted molar refractivity (Wildman–Crippen MR) is 82.1 cm³/mol. The number of hydrogen-bond acceptors (Lipinski definition) is 2. The van der Waals surface area contributed by atoms with E-state index < -0.39 is 12.1 Å². The van der Waals surface area contributed by atoms with Gasteiger partial charge < -0.3 is 9.84 Å². The molecule has 2 aromatic carbocycles. The number of carboxylic acids is 1. The molecule has 0 bridgehead atoms. The summed E-state index contributed by atoms with van der Waals surface area (Å²) in [6.07, 6.45) is 0.124. The van der Waals surface area contributed by atoms with E-state index in [-0.39, 0.29) is 6.10 Å². The van der Waals surface area contributed by atoms with Crippen molar-refractivity contribution >= 4 is 5.97 Å². The van der Waals surface area contributed by atoms with Crippen LogP contribution in [0.3, 0.4) is 0 Å². The highest BCUT2D eigenvalue weighted by Crippen LogP contribution is 2.28. The fourth-order valence-corrected chi connectivity index (χ4v) is 2.28. The van der Waals surface area contributed by atoms with E-state index in [2.05, 4.69) is 0 Å². The Morgan fingerprint density at radius 3 is 1.86 bits per heavy atom. The van der Waals surface area contributed by atoms with Gasteiger partial charge in [0.25, 0.3) is 0 Å². The standard InChI is InChI=1S/C18H20O3/c1-2-9-16(18(19)20)21-17(14-10-5-3-6-11-14)15-12-7-4-8-13-15/h3-8,10-13,16-17H,2,9H2,1H3,(H,19,20). The molecule has 0 amide bonds. The van der Waals surface area contributed by atoms with Crippen LogP contribution in [0.4, 0.5) is 0 Å². The second kappa shape index (κ2) is 7.60. The molecule has 0 radical (unpaired) electrons. The Labute approximate surface area is 125 Å². The van der Waals surface area contributed by atoms with Crippen LogP contribution in [-0.4, -0.2) is 17.2 Å². The molecule has 3 nitrogen and oxygen atoms in total. The molecule has 110 valence electrons. The third kappa shape index (κ3) is 4.17. The fraction of sp³-hybridized carbons (Fsp3) is 0.278. The summed E-state index contributed by atoms with van der Waals surface area (Å²) in [6, 6.07) is 19.5. The molecule has 0 aliphatic rings. The highest BCUT2D eigenvalue weighted by Gasteiger charge is 2.24. The van der Waals surface area contributed by atoms with Crippen LogP contribution < -0.4 is 0 Å². The maximum atomic E-state index is 11.4. The molecule has 1 unspecified atom stereocenters. The van der Waals surface area contributed by atoms with Crippen molar-refractivity contribution in [3.63, 3.8) is 0 Å². The van der Waals surface area contributed by atoms with Crippen molar-refractivity contribution in [2.24, 2.45) is 0 Å². The van der Waals surface area contributed by atoms with E-state index in [1.807, 2.05) is 67.6 Å². The largest absolute Gasteiger partial charge is 0.479 e. The Morgan fingerprint density at radius 2 is 1.48 bits per heavy atom. The average Bonchev–Trinajstić information content (AvgIpc) is 2.53. The molecule has 1 N–H and O–H groups in total. The van der Waals surface area contributed by atoms with Crippen molar-refractivity contribution in [2.75, 3.05) is 0 Å². The van der Waals surface area contributed by atoms with E-state index in [0.717, 1.165) is 17.5 Å². The van der Waals surface area contributed by atoms with Gasteiger partial charge in [0, 0.05) is 0 Å². The van der Waals surface area contributed by atoms with Crippen LogP contribution in [0.15, 0.2) is 60.7 Å². The van der Waals surface area contributed by atoms with E-state index in [1.54, 1.807) is 0 Å². The van der Waals surface area contributed by atoms with Crippen LogP contribution in [-0.2, 0) is 9.53 Å². The van der Waals surface area contributed by atoms with Crippen LogP contribution in [0.1, 0.15) is 37.0 Å². The smallest absolute Gasteiger partial charge is 0.332 e.